The molecular weight excluding hydrogens is 228 g/mol. The van der Waals surface area contributed by atoms with E-state index in [0.29, 0.717) is 6.54 Å². The lowest BCUT2D eigenvalue weighted by molar-refractivity contribution is 0.719. The third kappa shape index (κ3) is 2.42. The van der Waals surface area contributed by atoms with Crippen LogP contribution in [0.4, 0.5) is 11.6 Å². The van der Waals surface area contributed by atoms with Crippen molar-refractivity contribution in [1.82, 2.24) is 19.7 Å². The molecule has 2 aromatic rings. The molecule has 0 aliphatic rings. The Morgan fingerprint density at radius 2 is 1.94 bits per heavy atom. The molecule has 0 fully saturated rings. The van der Waals surface area contributed by atoms with Gasteiger partial charge in [-0.3, -0.25) is 4.68 Å². The van der Waals surface area contributed by atoms with E-state index in [9.17, 15) is 0 Å². The van der Waals surface area contributed by atoms with Crippen LogP contribution >= 0.6 is 0 Å². The van der Waals surface area contributed by atoms with Gasteiger partial charge in [0.25, 0.3) is 0 Å². The second-order valence-electron chi connectivity index (χ2n) is 4.14. The first kappa shape index (κ1) is 12.3. The maximum absolute atomic E-state index is 4.42. The molecule has 0 aromatic carbocycles. The minimum absolute atomic E-state index is 0.691. The van der Waals surface area contributed by atoms with Gasteiger partial charge in [0.15, 0.2) is 0 Å². The molecule has 2 heterocycles. The molecule has 0 unspecified atom stereocenters. The summed E-state index contributed by atoms with van der Waals surface area (Å²) >= 11 is 0. The number of aryl methyl sites for hydroxylation is 2. The molecule has 6 nitrogen and oxygen atoms in total. The van der Waals surface area contributed by atoms with Gasteiger partial charge in [0.05, 0.1) is 12.2 Å². The quantitative estimate of drug-likeness (QED) is 0.855. The summed E-state index contributed by atoms with van der Waals surface area (Å²) in [6.45, 7) is 4.57. The molecule has 0 atom stereocenters. The summed E-state index contributed by atoms with van der Waals surface area (Å²) < 4.78 is 1.84. The molecule has 2 N–H and O–H groups in total. The van der Waals surface area contributed by atoms with E-state index >= 15 is 0 Å². The summed E-state index contributed by atoms with van der Waals surface area (Å²) in [6, 6.07) is 1.98. The van der Waals surface area contributed by atoms with E-state index in [4.69, 9.17) is 0 Å². The first-order valence-electron chi connectivity index (χ1n) is 5.85. The van der Waals surface area contributed by atoms with Crippen LogP contribution in [-0.4, -0.2) is 26.8 Å². The maximum Gasteiger partial charge on any atom is 0.135 e. The fraction of sp³-hybridized carbons (Fsp3) is 0.417. The molecule has 2 aromatic heterocycles. The lowest BCUT2D eigenvalue weighted by Gasteiger charge is -2.12. The van der Waals surface area contributed by atoms with Crippen molar-refractivity contribution in [2.24, 2.45) is 7.05 Å². The van der Waals surface area contributed by atoms with Gasteiger partial charge in [-0.25, -0.2) is 9.97 Å². The minimum Gasteiger partial charge on any atom is -0.373 e. The van der Waals surface area contributed by atoms with E-state index in [-0.39, 0.29) is 0 Å². The van der Waals surface area contributed by atoms with Gasteiger partial charge in [-0.1, -0.05) is 0 Å². The topological polar surface area (TPSA) is 67.7 Å². The average molecular weight is 246 g/mol. The summed E-state index contributed by atoms with van der Waals surface area (Å²) in [4.78, 5) is 8.75. The van der Waals surface area contributed by atoms with Crippen molar-refractivity contribution in [3.63, 3.8) is 0 Å². The van der Waals surface area contributed by atoms with Gasteiger partial charge in [0.2, 0.25) is 0 Å². The molecule has 0 saturated carbocycles. The Kier molecular flexibility index (Phi) is 3.45. The summed E-state index contributed by atoms with van der Waals surface area (Å²) in [5.74, 6) is 2.46. The summed E-state index contributed by atoms with van der Waals surface area (Å²) in [5, 5.41) is 10.5. The van der Waals surface area contributed by atoms with Crippen molar-refractivity contribution in [2.75, 3.05) is 17.7 Å². The van der Waals surface area contributed by atoms with Crippen LogP contribution in [0.2, 0.25) is 0 Å². The van der Waals surface area contributed by atoms with Crippen LogP contribution in [0.25, 0.3) is 0 Å². The fourth-order valence-corrected chi connectivity index (χ4v) is 1.79. The Balaban J connectivity index is 2.19. The Morgan fingerprint density at radius 3 is 2.56 bits per heavy atom. The zero-order valence-corrected chi connectivity index (χ0v) is 11.2. The van der Waals surface area contributed by atoms with E-state index in [1.165, 1.54) is 0 Å². The van der Waals surface area contributed by atoms with E-state index in [1.54, 1.807) is 6.20 Å². The maximum atomic E-state index is 4.42. The van der Waals surface area contributed by atoms with Crippen LogP contribution in [0, 0.1) is 13.8 Å². The predicted molar refractivity (Wildman–Crippen MR) is 71.6 cm³/mol. The summed E-state index contributed by atoms with van der Waals surface area (Å²) in [7, 11) is 3.79. The third-order valence-electron chi connectivity index (χ3n) is 2.85. The van der Waals surface area contributed by atoms with Crippen LogP contribution in [0.15, 0.2) is 12.3 Å². The molecule has 2 rings (SSSR count). The van der Waals surface area contributed by atoms with Gasteiger partial charge in [0.1, 0.15) is 17.5 Å². The molecule has 18 heavy (non-hydrogen) atoms. The van der Waals surface area contributed by atoms with Crippen LogP contribution in [0.1, 0.15) is 17.1 Å². The Morgan fingerprint density at radius 1 is 1.22 bits per heavy atom. The highest BCUT2D eigenvalue weighted by molar-refractivity contribution is 5.56. The van der Waals surface area contributed by atoms with Crippen molar-refractivity contribution < 1.29 is 0 Å². The monoisotopic (exact) mass is 246 g/mol. The van der Waals surface area contributed by atoms with Crippen molar-refractivity contribution in [3.05, 3.63) is 29.3 Å². The Hall–Kier alpha value is -2.11. The Labute approximate surface area is 106 Å². The summed E-state index contributed by atoms with van der Waals surface area (Å²) in [6.07, 6.45) is 1.79. The largest absolute Gasteiger partial charge is 0.373 e. The van der Waals surface area contributed by atoms with E-state index in [0.717, 1.165) is 28.7 Å². The highest BCUT2D eigenvalue weighted by Crippen LogP contribution is 2.19. The predicted octanol–water partition coefficient (Wildman–Crippen LogP) is 1.48. The molecular formula is C12H18N6. The number of rotatable bonds is 4. The highest BCUT2D eigenvalue weighted by atomic mass is 15.3. The first-order valence-corrected chi connectivity index (χ1v) is 5.85. The lowest BCUT2D eigenvalue weighted by Crippen LogP contribution is -2.10. The van der Waals surface area contributed by atoms with Gasteiger partial charge in [-0.05, 0) is 19.9 Å². The van der Waals surface area contributed by atoms with Gasteiger partial charge in [-0.15, -0.1) is 0 Å². The highest BCUT2D eigenvalue weighted by Gasteiger charge is 2.08. The second-order valence-corrected chi connectivity index (χ2v) is 4.14. The van der Waals surface area contributed by atoms with E-state index in [2.05, 4.69) is 25.7 Å². The van der Waals surface area contributed by atoms with E-state index < -0.39 is 0 Å². The zero-order chi connectivity index (χ0) is 13.1. The zero-order valence-electron chi connectivity index (χ0n) is 11.2. The smallest absolute Gasteiger partial charge is 0.135 e. The van der Waals surface area contributed by atoms with Crippen molar-refractivity contribution in [3.8, 4) is 0 Å². The normalized spacial score (nSPS) is 10.4. The van der Waals surface area contributed by atoms with Crippen LogP contribution in [-0.2, 0) is 13.6 Å². The Bertz CT molecular complexity index is 545. The molecule has 6 heteroatoms. The van der Waals surface area contributed by atoms with Crippen LogP contribution < -0.4 is 10.6 Å². The van der Waals surface area contributed by atoms with Gasteiger partial charge in [-0.2, -0.15) is 5.10 Å². The number of hydrogen-bond donors (Lipinski definition) is 2. The fourth-order valence-electron chi connectivity index (χ4n) is 1.79. The number of nitrogens with zero attached hydrogens (tertiary/aromatic N) is 4. The van der Waals surface area contributed by atoms with Crippen LogP contribution in [0.3, 0.4) is 0 Å². The van der Waals surface area contributed by atoms with Gasteiger partial charge >= 0.3 is 0 Å². The van der Waals surface area contributed by atoms with Gasteiger partial charge in [0, 0.05) is 25.9 Å². The van der Waals surface area contributed by atoms with Crippen molar-refractivity contribution in [1.29, 1.82) is 0 Å². The minimum atomic E-state index is 0.691. The molecule has 0 spiro atoms. The standard InChI is InChI=1S/C12H18N6/c1-8-11(13-3)16-9(2)17-12(8)14-7-10-5-6-15-18(10)4/h5-6H,7H2,1-4H3,(H2,13,14,16,17). The molecule has 0 saturated heterocycles. The summed E-state index contributed by atoms with van der Waals surface area (Å²) in [5.41, 5.74) is 2.13. The number of nitrogens with one attached hydrogen (secondary N) is 2. The molecule has 0 aliphatic heterocycles. The number of hydrogen-bond acceptors (Lipinski definition) is 5. The van der Waals surface area contributed by atoms with Crippen molar-refractivity contribution in [2.45, 2.75) is 20.4 Å². The second kappa shape index (κ2) is 5.03. The van der Waals surface area contributed by atoms with E-state index in [1.807, 2.05) is 38.7 Å². The van der Waals surface area contributed by atoms with Crippen molar-refractivity contribution >= 4 is 11.6 Å². The van der Waals surface area contributed by atoms with Crippen LogP contribution in [0.5, 0.6) is 0 Å². The third-order valence-corrected chi connectivity index (χ3v) is 2.85. The molecule has 0 bridgehead atoms. The molecule has 0 aliphatic carbocycles. The van der Waals surface area contributed by atoms with Gasteiger partial charge < -0.3 is 10.6 Å². The SMILES string of the molecule is CNc1nc(C)nc(NCc2ccnn2C)c1C. The number of anilines is 2. The number of aromatic nitrogens is 4. The molecule has 0 amide bonds. The molecule has 0 radical (unpaired) electrons. The first-order chi connectivity index (χ1) is 8.61. The lowest BCUT2D eigenvalue weighted by atomic mass is 10.3. The average Bonchev–Trinajstić information content (AvgIpc) is 2.75. The molecule has 96 valence electrons.